The molecule has 12 heavy (non-hydrogen) atoms. The van der Waals surface area contributed by atoms with Crippen molar-refractivity contribution in [3.63, 3.8) is 0 Å². The number of halogens is 1. The summed E-state index contributed by atoms with van der Waals surface area (Å²) in [6, 6.07) is 8.21. The van der Waals surface area contributed by atoms with Gasteiger partial charge in [0.25, 0.3) is 0 Å². The molecule has 3 heteroatoms. The van der Waals surface area contributed by atoms with Crippen molar-refractivity contribution in [1.82, 2.24) is 0 Å². The van der Waals surface area contributed by atoms with Gasteiger partial charge in [-0.05, 0) is 19.1 Å². The third kappa shape index (κ3) is 1.98. The minimum atomic E-state index is 0.635. The van der Waals surface area contributed by atoms with Crippen molar-refractivity contribution in [3.8, 4) is 0 Å². The molecule has 0 aliphatic rings. The van der Waals surface area contributed by atoms with E-state index in [4.69, 9.17) is 11.6 Å². The molecule has 1 radical (unpaired) electrons. The summed E-state index contributed by atoms with van der Waals surface area (Å²) in [6.07, 6.45) is 0. The number of rotatable bonds is 2. The largest absolute Gasteiger partial charge is 0.399 e. The van der Waals surface area contributed by atoms with Crippen LogP contribution in [0.4, 0.5) is 0 Å². The van der Waals surface area contributed by atoms with Crippen LogP contribution < -0.4 is 0 Å². The summed E-state index contributed by atoms with van der Waals surface area (Å²) < 4.78 is 0. The van der Waals surface area contributed by atoms with Crippen LogP contribution in [-0.4, -0.2) is 12.8 Å². The first-order valence-electron chi connectivity index (χ1n) is 3.49. The molecule has 0 unspecified atom stereocenters. The minimum absolute atomic E-state index is 0.635. The number of hydrogen-bond donors (Lipinski definition) is 0. The quantitative estimate of drug-likeness (QED) is 0.509. The van der Waals surface area contributed by atoms with Crippen LogP contribution in [0.3, 0.4) is 0 Å². The first-order valence-corrected chi connectivity index (χ1v) is 3.87. The van der Waals surface area contributed by atoms with Gasteiger partial charge in [0.15, 0.2) is 0 Å². The molecule has 0 saturated carbocycles. The van der Waals surface area contributed by atoms with Crippen molar-refractivity contribution < 1.29 is 4.84 Å². The fraction of sp³-hybridized carbons (Fsp3) is 0.222. The van der Waals surface area contributed by atoms with Crippen LogP contribution >= 0.6 is 11.6 Å². The predicted octanol–water partition coefficient (Wildman–Crippen LogP) is 2.51. The molecule has 1 aromatic carbocycles. The zero-order chi connectivity index (χ0) is 8.97. The van der Waals surface area contributed by atoms with Crippen LogP contribution in [0.2, 0.25) is 5.02 Å². The summed E-state index contributed by atoms with van der Waals surface area (Å²) in [4.78, 5) is 4.63. The van der Waals surface area contributed by atoms with E-state index in [1.54, 1.807) is 12.1 Å². The van der Waals surface area contributed by atoms with Crippen molar-refractivity contribution in [2.75, 3.05) is 7.11 Å². The molecule has 0 bridgehead atoms. The van der Waals surface area contributed by atoms with Crippen LogP contribution in [0.5, 0.6) is 0 Å². The molecule has 0 amide bonds. The lowest BCUT2D eigenvalue weighted by Crippen LogP contribution is -1.95. The van der Waals surface area contributed by atoms with Gasteiger partial charge in [-0.25, -0.2) is 0 Å². The average molecular weight is 183 g/mol. The lowest BCUT2D eigenvalue weighted by molar-refractivity contribution is 0.213. The number of oxime groups is 1. The van der Waals surface area contributed by atoms with Crippen molar-refractivity contribution in [2.45, 2.75) is 6.92 Å². The SMILES string of the molecule is CO/N=C(\C)c1cc[c]cc1Cl. The Balaban J connectivity index is 3.02. The van der Waals surface area contributed by atoms with Crippen LogP contribution in [0, 0.1) is 6.07 Å². The second-order valence-electron chi connectivity index (χ2n) is 2.27. The number of nitrogens with zero attached hydrogens (tertiary/aromatic N) is 1. The molecule has 0 aromatic heterocycles. The van der Waals surface area contributed by atoms with Gasteiger partial charge < -0.3 is 4.84 Å². The minimum Gasteiger partial charge on any atom is -0.399 e. The molecule has 0 heterocycles. The Labute approximate surface area is 76.8 Å². The summed E-state index contributed by atoms with van der Waals surface area (Å²) in [7, 11) is 1.51. The second-order valence-corrected chi connectivity index (χ2v) is 2.67. The molecule has 0 aliphatic carbocycles. The zero-order valence-electron chi connectivity index (χ0n) is 6.97. The van der Waals surface area contributed by atoms with Gasteiger partial charge in [-0.1, -0.05) is 28.9 Å². The van der Waals surface area contributed by atoms with Gasteiger partial charge in [-0.2, -0.15) is 0 Å². The van der Waals surface area contributed by atoms with Gasteiger partial charge in [0.05, 0.1) is 10.7 Å². The Morgan fingerprint density at radius 2 is 2.42 bits per heavy atom. The fourth-order valence-electron chi connectivity index (χ4n) is 0.890. The van der Waals surface area contributed by atoms with Gasteiger partial charge in [0.2, 0.25) is 0 Å². The summed E-state index contributed by atoms with van der Waals surface area (Å²) in [5.74, 6) is 0. The molecule has 0 saturated heterocycles. The molecule has 0 N–H and O–H groups in total. The van der Waals surface area contributed by atoms with Crippen molar-refractivity contribution >= 4 is 17.3 Å². The highest BCUT2D eigenvalue weighted by Gasteiger charge is 2.01. The summed E-state index contributed by atoms with van der Waals surface area (Å²) in [6.45, 7) is 1.84. The Kier molecular flexibility index (Phi) is 3.11. The first-order chi connectivity index (χ1) is 5.75. The Morgan fingerprint density at radius 3 is 3.00 bits per heavy atom. The molecule has 2 nitrogen and oxygen atoms in total. The highest BCUT2D eigenvalue weighted by Crippen LogP contribution is 2.15. The molecule has 0 aliphatic heterocycles. The summed E-state index contributed by atoms with van der Waals surface area (Å²) in [5, 5.41) is 4.41. The average Bonchev–Trinajstić information content (AvgIpc) is 2.05. The molecular formula is C9H9ClNO. The maximum Gasteiger partial charge on any atom is 0.106 e. The lowest BCUT2D eigenvalue weighted by Gasteiger charge is -2.00. The molecule has 63 valence electrons. The van der Waals surface area contributed by atoms with E-state index >= 15 is 0 Å². The molecular weight excluding hydrogens is 174 g/mol. The smallest absolute Gasteiger partial charge is 0.106 e. The molecule has 0 spiro atoms. The summed E-state index contributed by atoms with van der Waals surface area (Å²) >= 11 is 5.89. The van der Waals surface area contributed by atoms with E-state index in [0.717, 1.165) is 11.3 Å². The van der Waals surface area contributed by atoms with E-state index < -0.39 is 0 Å². The predicted molar refractivity (Wildman–Crippen MR) is 49.5 cm³/mol. The topological polar surface area (TPSA) is 21.6 Å². The molecule has 0 atom stereocenters. The van der Waals surface area contributed by atoms with Crippen molar-refractivity contribution in [3.05, 3.63) is 34.9 Å². The monoisotopic (exact) mass is 182 g/mol. The molecule has 1 aromatic rings. The van der Waals surface area contributed by atoms with Gasteiger partial charge >= 0.3 is 0 Å². The normalized spacial score (nSPS) is 11.4. The van der Waals surface area contributed by atoms with E-state index in [1.807, 2.05) is 13.0 Å². The number of hydrogen-bond acceptors (Lipinski definition) is 2. The van der Waals surface area contributed by atoms with Crippen molar-refractivity contribution in [2.24, 2.45) is 5.16 Å². The standard InChI is InChI=1S/C9H9ClNO/c1-7(11-12-2)8-5-3-4-6-9(8)10/h3,5-6H,1-2H3/b11-7+. The second kappa shape index (κ2) is 4.12. The fourth-order valence-corrected chi connectivity index (χ4v) is 1.15. The van der Waals surface area contributed by atoms with Gasteiger partial charge in [0, 0.05) is 5.56 Å². The van der Waals surface area contributed by atoms with Crippen LogP contribution in [0.25, 0.3) is 0 Å². The van der Waals surface area contributed by atoms with Crippen LogP contribution in [-0.2, 0) is 4.84 Å². The van der Waals surface area contributed by atoms with Gasteiger partial charge in [0.1, 0.15) is 7.11 Å². The van der Waals surface area contributed by atoms with Crippen LogP contribution in [0.1, 0.15) is 12.5 Å². The van der Waals surface area contributed by atoms with E-state index in [9.17, 15) is 0 Å². The Morgan fingerprint density at radius 1 is 1.67 bits per heavy atom. The molecule has 1 rings (SSSR count). The number of benzene rings is 1. The van der Waals surface area contributed by atoms with Crippen molar-refractivity contribution in [1.29, 1.82) is 0 Å². The third-order valence-electron chi connectivity index (χ3n) is 1.43. The highest BCUT2D eigenvalue weighted by atomic mass is 35.5. The summed E-state index contributed by atoms with van der Waals surface area (Å²) in [5.41, 5.74) is 1.63. The lowest BCUT2D eigenvalue weighted by atomic mass is 10.1. The van der Waals surface area contributed by atoms with E-state index in [2.05, 4.69) is 16.1 Å². The first kappa shape index (κ1) is 9.07. The van der Waals surface area contributed by atoms with Gasteiger partial charge in [-0.15, -0.1) is 0 Å². The van der Waals surface area contributed by atoms with E-state index in [-0.39, 0.29) is 0 Å². The maximum absolute atomic E-state index is 5.89. The zero-order valence-corrected chi connectivity index (χ0v) is 7.72. The van der Waals surface area contributed by atoms with Gasteiger partial charge in [-0.3, -0.25) is 0 Å². The highest BCUT2D eigenvalue weighted by molar-refractivity contribution is 6.34. The van der Waals surface area contributed by atoms with Crippen LogP contribution in [0.15, 0.2) is 23.4 Å². The van der Waals surface area contributed by atoms with E-state index in [0.29, 0.717) is 5.02 Å². The maximum atomic E-state index is 5.89. The Hall–Kier alpha value is -1.02. The third-order valence-corrected chi connectivity index (χ3v) is 1.74. The Bertz CT molecular complexity index is 296. The molecule has 0 fully saturated rings. The van der Waals surface area contributed by atoms with E-state index in [1.165, 1.54) is 7.11 Å².